The zero-order chi connectivity index (χ0) is 13.4. The molecule has 0 atom stereocenters. The third-order valence-electron chi connectivity index (χ3n) is 4.09. The quantitative estimate of drug-likeness (QED) is 0.902. The maximum Gasteiger partial charge on any atom is 0.270 e. The topological polar surface area (TPSA) is 60.5 Å². The number of hydrogen-bond donors (Lipinski definition) is 1. The molecule has 1 aromatic heterocycles. The first-order valence-electron chi connectivity index (χ1n) is 6.99. The number of anilines is 1. The monoisotopic (exact) mass is 263 g/mol. The van der Waals surface area contributed by atoms with Crippen LogP contribution in [0.15, 0.2) is 12.3 Å². The van der Waals surface area contributed by atoms with E-state index in [2.05, 4.69) is 0 Å². The van der Waals surface area contributed by atoms with Crippen molar-refractivity contribution in [2.24, 2.45) is 0 Å². The average Bonchev–Trinajstić information content (AvgIpc) is 3.21. The molecule has 0 spiro atoms. The van der Waals surface area contributed by atoms with Gasteiger partial charge in [0.1, 0.15) is 5.69 Å². The van der Waals surface area contributed by atoms with Gasteiger partial charge in [-0.2, -0.15) is 0 Å². The Hall–Kier alpha value is -1.49. The lowest BCUT2D eigenvalue weighted by Crippen LogP contribution is -2.41. The van der Waals surface area contributed by atoms with Gasteiger partial charge in [0.25, 0.3) is 5.91 Å². The van der Waals surface area contributed by atoms with Crippen LogP contribution in [0, 0.1) is 0 Å². The summed E-state index contributed by atoms with van der Waals surface area (Å²) in [6.07, 6.45) is 6.03. The second-order valence-electron chi connectivity index (χ2n) is 5.56. The number of ether oxygens (including phenoxy) is 1. The predicted molar refractivity (Wildman–Crippen MR) is 73.0 cm³/mol. The summed E-state index contributed by atoms with van der Waals surface area (Å²) in [6.45, 7) is 1.49. The van der Waals surface area contributed by atoms with Gasteiger partial charge in [0.05, 0.1) is 5.69 Å². The second-order valence-corrected chi connectivity index (χ2v) is 5.56. The van der Waals surface area contributed by atoms with Gasteiger partial charge < -0.3 is 19.9 Å². The molecule has 1 saturated heterocycles. The molecule has 1 aromatic rings. The highest BCUT2D eigenvalue weighted by Crippen LogP contribution is 2.37. The fraction of sp³-hybridized carbons (Fsp3) is 0.643. The highest BCUT2D eigenvalue weighted by atomic mass is 16.5. The van der Waals surface area contributed by atoms with Crippen LogP contribution in [0.4, 0.5) is 5.69 Å². The van der Waals surface area contributed by atoms with Crippen LogP contribution in [-0.4, -0.2) is 41.7 Å². The molecule has 2 heterocycles. The molecule has 1 amide bonds. The van der Waals surface area contributed by atoms with Crippen molar-refractivity contribution in [2.45, 2.75) is 37.8 Å². The molecular formula is C14H21N3O2. The number of aromatic nitrogens is 1. The molecule has 19 heavy (non-hydrogen) atoms. The first-order valence-corrected chi connectivity index (χ1v) is 6.99. The maximum absolute atomic E-state index is 12.6. The maximum atomic E-state index is 12.6. The number of nitrogens with zero attached hydrogens (tertiary/aromatic N) is 2. The number of amides is 1. The number of hydrogen-bond acceptors (Lipinski definition) is 3. The van der Waals surface area contributed by atoms with Gasteiger partial charge in [-0.25, -0.2) is 0 Å². The summed E-state index contributed by atoms with van der Waals surface area (Å²) >= 11 is 0. The summed E-state index contributed by atoms with van der Waals surface area (Å²) < 4.78 is 7.40. The van der Waals surface area contributed by atoms with Crippen LogP contribution >= 0.6 is 0 Å². The van der Waals surface area contributed by atoms with E-state index in [1.807, 2.05) is 22.7 Å². The highest BCUT2D eigenvalue weighted by Gasteiger charge is 2.30. The van der Waals surface area contributed by atoms with Crippen molar-refractivity contribution in [3.05, 3.63) is 18.0 Å². The van der Waals surface area contributed by atoms with Crippen molar-refractivity contribution in [3.8, 4) is 0 Å². The van der Waals surface area contributed by atoms with E-state index >= 15 is 0 Å². The first kappa shape index (κ1) is 12.5. The van der Waals surface area contributed by atoms with Gasteiger partial charge in [0, 0.05) is 38.5 Å². The van der Waals surface area contributed by atoms with Crippen LogP contribution in [-0.2, 0) is 4.74 Å². The number of nitrogens with two attached hydrogens (primary N) is 1. The number of rotatable bonds is 3. The minimum atomic E-state index is 0.0792. The standard InChI is InChI=1S/C14H21N3O2/c1-16(11-4-6-19-7-5-11)14(18)13-8-10(15)9-17(13)12-2-3-12/h8-9,11-12H,2-7,15H2,1H3. The molecule has 2 N–H and O–H groups in total. The number of carbonyl (C=O) groups is 1. The Bertz CT molecular complexity index is 473. The minimum absolute atomic E-state index is 0.0792. The van der Waals surface area contributed by atoms with Crippen LogP contribution in [0.1, 0.15) is 42.2 Å². The lowest BCUT2D eigenvalue weighted by molar-refractivity contribution is 0.0356. The SMILES string of the molecule is CN(C(=O)c1cc(N)cn1C1CC1)C1CCOCC1. The number of carbonyl (C=O) groups excluding carboxylic acids is 1. The van der Waals surface area contributed by atoms with E-state index in [0.29, 0.717) is 11.7 Å². The molecule has 104 valence electrons. The highest BCUT2D eigenvalue weighted by molar-refractivity contribution is 5.94. The van der Waals surface area contributed by atoms with Gasteiger partial charge in [-0.15, -0.1) is 0 Å². The van der Waals surface area contributed by atoms with Gasteiger partial charge in [-0.3, -0.25) is 4.79 Å². The molecule has 5 nitrogen and oxygen atoms in total. The van der Waals surface area contributed by atoms with Crippen LogP contribution in [0.5, 0.6) is 0 Å². The summed E-state index contributed by atoms with van der Waals surface area (Å²) in [7, 11) is 1.89. The normalized spacial score (nSPS) is 20.5. The molecular weight excluding hydrogens is 242 g/mol. The lowest BCUT2D eigenvalue weighted by Gasteiger charge is -2.31. The smallest absolute Gasteiger partial charge is 0.270 e. The van der Waals surface area contributed by atoms with Crippen LogP contribution in [0.3, 0.4) is 0 Å². The van der Waals surface area contributed by atoms with E-state index in [9.17, 15) is 4.79 Å². The van der Waals surface area contributed by atoms with Crippen molar-refractivity contribution < 1.29 is 9.53 Å². The van der Waals surface area contributed by atoms with Crippen molar-refractivity contribution in [3.63, 3.8) is 0 Å². The van der Waals surface area contributed by atoms with Crippen molar-refractivity contribution in [1.82, 2.24) is 9.47 Å². The summed E-state index contributed by atoms with van der Waals surface area (Å²) in [5, 5.41) is 0. The molecule has 0 aromatic carbocycles. The Morgan fingerprint density at radius 2 is 2.05 bits per heavy atom. The van der Waals surface area contributed by atoms with E-state index in [-0.39, 0.29) is 11.9 Å². The zero-order valence-corrected chi connectivity index (χ0v) is 11.3. The van der Waals surface area contributed by atoms with Gasteiger partial charge in [0.15, 0.2) is 0 Å². The Balaban J connectivity index is 1.78. The summed E-state index contributed by atoms with van der Waals surface area (Å²) in [5.41, 5.74) is 7.26. The molecule has 5 heteroatoms. The van der Waals surface area contributed by atoms with Crippen molar-refractivity contribution >= 4 is 11.6 Å². The zero-order valence-electron chi connectivity index (χ0n) is 11.3. The van der Waals surface area contributed by atoms with Crippen molar-refractivity contribution in [2.75, 3.05) is 26.0 Å². The van der Waals surface area contributed by atoms with E-state index in [4.69, 9.17) is 10.5 Å². The van der Waals surface area contributed by atoms with E-state index in [0.717, 1.165) is 44.6 Å². The second kappa shape index (κ2) is 4.89. The molecule has 3 rings (SSSR count). The largest absolute Gasteiger partial charge is 0.397 e. The molecule has 1 aliphatic carbocycles. The number of nitrogen functional groups attached to an aromatic ring is 1. The lowest BCUT2D eigenvalue weighted by atomic mass is 10.1. The van der Waals surface area contributed by atoms with Gasteiger partial charge in [-0.05, 0) is 31.7 Å². The third kappa shape index (κ3) is 2.47. The minimum Gasteiger partial charge on any atom is -0.397 e. The van der Waals surface area contributed by atoms with E-state index in [1.54, 1.807) is 6.07 Å². The molecule has 1 saturated carbocycles. The summed E-state index contributed by atoms with van der Waals surface area (Å²) in [5.74, 6) is 0.0792. The summed E-state index contributed by atoms with van der Waals surface area (Å²) in [6, 6.07) is 2.56. The van der Waals surface area contributed by atoms with Gasteiger partial charge in [0.2, 0.25) is 0 Å². The van der Waals surface area contributed by atoms with E-state index < -0.39 is 0 Å². The predicted octanol–water partition coefficient (Wildman–Crippen LogP) is 1.66. The molecule has 0 unspecified atom stereocenters. The Morgan fingerprint density at radius 1 is 1.37 bits per heavy atom. The fourth-order valence-corrected chi connectivity index (χ4v) is 2.75. The van der Waals surface area contributed by atoms with Gasteiger partial charge in [-0.1, -0.05) is 0 Å². The van der Waals surface area contributed by atoms with Crippen LogP contribution in [0.2, 0.25) is 0 Å². The Kier molecular flexibility index (Phi) is 3.22. The van der Waals surface area contributed by atoms with Crippen LogP contribution in [0.25, 0.3) is 0 Å². The molecule has 1 aliphatic heterocycles. The third-order valence-corrected chi connectivity index (χ3v) is 4.09. The van der Waals surface area contributed by atoms with Gasteiger partial charge >= 0.3 is 0 Å². The summed E-state index contributed by atoms with van der Waals surface area (Å²) in [4.78, 5) is 14.5. The van der Waals surface area contributed by atoms with Crippen molar-refractivity contribution in [1.29, 1.82) is 0 Å². The van der Waals surface area contributed by atoms with E-state index in [1.165, 1.54) is 0 Å². The molecule has 0 bridgehead atoms. The molecule has 0 radical (unpaired) electrons. The Morgan fingerprint density at radius 3 is 2.68 bits per heavy atom. The first-order chi connectivity index (χ1) is 9.16. The van der Waals surface area contributed by atoms with Crippen LogP contribution < -0.4 is 5.73 Å². The molecule has 2 aliphatic rings. The Labute approximate surface area is 113 Å². The fourth-order valence-electron chi connectivity index (χ4n) is 2.75. The average molecular weight is 263 g/mol. The molecule has 2 fully saturated rings.